The van der Waals surface area contributed by atoms with Crippen LogP contribution in [0.4, 0.5) is 5.69 Å². The highest BCUT2D eigenvalue weighted by Gasteiger charge is 2.36. The van der Waals surface area contributed by atoms with E-state index in [2.05, 4.69) is 0 Å². The van der Waals surface area contributed by atoms with Gasteiger partial charge in [0, 0.05) is 5.56 Å². The Hall–Kier alpha value is -2.06. The van der Waals surface area contributed by atoms with Gasteiger partial charge in [0.15, 0.2) is 11.9 Å². The van der Waals surface area contributed by atoms with Crippen LogP contribution in [0.25, 0.3) is 0 Å². The van der Waals surface area contributed by atoms with Gasteiger partial charge in [-0.2, -0.15) is 5.26 Å². The lowest BCUT2D eigenvalue weighted by Crippen LogP contribution is -2.48. The van der Waals surface area contributed by atoms with Crippen molar-refractivity contribution in [1.82, 2.24) is 0 Å². The molecule has 1 heterocycles. The molecule has 0 radical (unpaired) electrons. The van der Waals surface area contributed by atoms with Crippen molar-refractivity contribution in [3.63, 3.8) is 0 Å². The number of Topliss-reactive ketones (excluding diaryl/α,β-unsaturated/α-hetero) is 1. The average Bonchev–Trinajstić information content (AvgIpc) is 2.48. The van der Waals surface area contributed by atoms with E-state index in [9.17, 15) is 9.59 Å². The van der Waals surface area contributed by atoms with Crippen molar-refractivity contribution in [3.05, 3.63) is 23.8 Å². The highest BCUT2D eigenvalue weighted by atomic mass is 35.5. The lowest BCUT2D eigenvalue weighted by Gasteiger charge is -2.35. The molecule has 22 heavy (non-hydrogen) atoms. The minimum absolute atomic E-state index is 0.0222. The molecule has 1 aromatic carbocycles. The van der Waals surface area contributed by atoms with Crippen molar-refractivity contribution in [2.45, 2.75) is 32.3 Å². The van der Waals surface area contributed by atoms with E-state index in [4.69, 9.17) is 21.6 Å². The summed E-state index contributed by atoms with van der Waals surface area (Å²) in [4.78, 5) is 25.8. The Morgan fingerprint density at radius 3 is 2.68 bits per heavy atom. The van der Waals surface area contributed by atoms with Crippen molar-refractivity contribution in [1.29, 1.82) is 5.26 Å². The second-order valence-corrected chi connectivity index (χ2v) is 6.18. The highest BCUT2D eigenvalue weighted by Crippen LogP contribution is 2.36. The number of hydrogen-bond acceptors (Lipinski definition) is 4. The molecular formula is C16H17ClN2O3. The van der Waals surface area contributed by atoms with E-state index in [0.29, 0.717) is 17.0 Å². The van der Waals surface area contributed by atoms with Gasteiger partial charge < -0.3 is 4.74 Å². The number of nitriles is 1. The van der Waals surface area contributed by atoms with Gasteiger partial charge in [-0.1, -0.05) is 13.8 Å². The molecule has 6 heteroatoms. The molecule has 1 aromatic rings. The summed E-state index contributed by atoms with van der Waals surface area (Å²) in [5.41, 5.74) is 0.829. The van der Waals surface area contributed by atoms with Crippen LogP contribution in [-0.2, 0) is 4.79 Å². The molecule has 116 valence electrons. The molecule has 0 bridgehead atoms. The lowest BCUT2D eigenvalue weighted by atomic mass is 10.0. The fraction of sp³-hybridized carbons (Fsp3) is 0.438. The lowest BCUT2D eigenvalue weighted by molar-refractivity contribution is -0.128. The average molecular weight is 321 g/mol. The fourth-order valence-corrected chi connectivity index (χ4v) is 2.45. The number of rotatable bonds is 4. The summed E-state index contributed by atoms with van der Waals surface area (Å²) in [7, 11) is 0. The molecule has 0 saturated heterocycles. The molecule has 0 aromatic heterocycles. The molecule has 0 saturated carbocycles. The molecule has 2 rings (SSSR count). The summed E-state index contributed by atoms with van der Waals surface area (Å²) in [6.07, 6.45) is -0.630. The Morgan fingerprint density at radius 1 is 1.45 bits per heavy atom. The quantitative estimate of drug-likeness (QED) is 0.486. The Bertz CT molecular complexity index is 649. The van der Waals surface area contributed by atoms with Crippen molar-refractivity contribution in [2.24, 2.45) is 5.92 Å². The van der Waals surface area contributed by atoms with Crippen molar-refractivity contribution < 1.29 is 14.3 Å². The second-order valence-electron chi connectivity index (χ2n) is 5.53. The number of alkyl halides is 1. The zero-order valence-corrected chi connectivity index (χ0v) is 13.4. The smallest absolute Gasteiger partial charge is 0.269 e. The molecular weight excluding hydrogens is 304 g/mol. The van der Waals surface area contributed by atoms with Gasteiger partial charge in [0.1, 0.15) is 12.3 Å². The van der Waals surface area contributed by atoms with Crippen LogP contribution in [0.15, 0.2) is 18.2 Å². The maximum Gasteiger partial charge on any atom is 0.269 e. The number of hydrogen-bond donors (Lipinski definition) is 0. The van der Waals surface area contributed by atoms with Crippen molar-refractivity contribution >= 4 is 29.0 Å². The molecule has 2 atom stereocenters. The summed E-state index contributed by atoms with van der Waals surface area (Å²) < 4.78 is 5.73. The number of carbonyl (C=O) groups is 2. The minimum Gasteiger partial charge on any atom is -0.478 e. The third-order valence-electron chi connectivity index (χ3n) is 3.49. The van der Waals surface area contributed by atoms with Crippen LogP contribution >= 0.6 is 11.6 Å². The third kappa shape index (κ3) is 2.93. The van der Waals surface area contributed by atoms with Gasteiger partial charge in [-0.25, -0.2) is 0 Å². The number of nitrogens with zero attached hydrogens (tertiary/aromatic N) is 2. The van der Waals surface area contributed by atoms with Gasteiger partial charge >= 0.3 is 0 Å². The van der Waals surface area contributed by atoms with E-state index in [1.807, 2.05) is 19.9 Å². The molecule has 0 aliphatic carbocycles. The summed E-state index contributed by atoms with van der Waals surface area (Å²) >= 11 is 5.82. The molecule has 1 aliphatic rings. The Balaban J connectivity index is 2.49. The van der Waals surface area contributed by atoms with Crippen LogP contribution in [0.1, 0.15) is 31.1 Å². The zero-order valence-electron chi connectivity index (χ0n) is 12.7. The SMILES string of the molecule is CC(Cl)C(=O)c1ccc2c(c1)N(CC#N)C(=O)C(C(C)C)O2. The van der Waals surface area contributed by atoms with Gasteiger partial charge in [-0.15, -0.1) is 11.6 Å². The number of benzene rings is 1. The van der Waals surface area contributed by atoms with Gasteiger partial charge in [-0.3, -0.25) is 14.5 Å². The number of halogens is 1. The molecule has 0 N–H and O–H groups in total. The minimum atomic E-state index is -0.661. The Labute approximate surface area is 134 Å². The molecule has 0 fully saturated rings. The normalized spacial score (nSPS) is 18.5. The van der Waals surface area contributed by atoms with Crippen molar-refractivity contribution in [3.8, 4) is 11.8 Å². The van der Waals surface area contributed by atoms with E-state index in [0.717, 1.165) is 0 Å². The second kappa shape index (κ2) is 6.37. The van der Waals surface area contributed by atoms with Crippen LogP contribution in [0.3, 0.4) is 0 Å². The topological polar surface area (TPSA) is 70.4 Å². The predicted octanol–water partition coefficient (Wildman–Crippen LogP) is 2.77. The zero-order chi connectivity index (χ0) is 16.4. The van der Waals surface area contributed by atoms with Crippen LogP contribution in [0.2, 0.25) is 0 Å². The summed E-state index contributed by atoms with van der Waals surface area (Å²) in [5.74, 6) is -0.0364. The first kappa shape index (κ1) is 16.3. The number of fused-ring (bicyclic) bond motifs is 1. The van der Waals surface area contributed by atoms with Crippen molar-refractivity contribution in [2.75, 3.05) is 11.4 Å². The van der Waals surface area contributed by atoms with Crippen LogP contribution in [-0.4, -0.2) is 29.7 Å². The van der Waals surface area contributed by atoms with Gasteiger partial charge in [0.2, 0.25) is 0 Å². The van der Waals surface area contributed by atoms with E-state index in [-0.39, 0.29) is 24.2 Å². The monoisotopic (exact) mass is 320 g/mol. The van der Waals surface area contributed by atoms with Gasteiger partial charge in [0.25, 0.3) is 5.91 Å². The maximum absolute atomic E-state index is 12.5. The Morgan fingerprint density at radius 2 is 2.14 bits per heavy atom. The number of anilines is 1. The van der Waals surface area contributed by atoms with E-state index < -0.39 is 11.5 Å². The molecule has 1 aliphatic heterocycles. The fourth-order valence-electron chi connectivity index (χ4n) is 2.33. The maximum atomic E-state index is 12.5. The van der Waals surface area contributed by atoms with Crippen LogP contribution < -0.4 is 9.64 Å². The first-order chi connectivity index (χ1) is 10.4. The van der Waals surface area contributed by atoms with Gasteiger partial charge in [-0.05, 0) is 31.0 Å². The summed E-state index contributed by atoms with van der Waals surface area (Å²) in [5, 5.41) is 8.32. The summed E-state index contributed by atoms with van der Waals surface area (Å²) in [6.45, 7) is 5.26. The standard InChI is InChI=1S/C16H17ClN2O3/c1-9(2)15-16(21)19(7-6-18)12-8-11(14(20)10(3)17)4-5-13(12)22-15/h4-5,8-10,15H,7H2,1-3H3. The Kier molecular flexibility index (Phi) is 4.72. The van der Waals surface area contributed by atoms with Crippen LogP contribution in [0, 0.1) is 17.2 Å². The van der Waals surface area contributed by atoms with E-state index in [1.165, 1.54) is 4.90 Å². The van der Waals surface area contributed by atoms with E-state index >= 15 is 0 Å². The molecule has 0 spiro atoms. The predicted molar refractivity (Wildman–Crippen MR) is 83.3 cm³/mol. The number of carbonyl (C=O) groups excluding carboxylic acids is 2. The molecule has 5 nitrogen and oxygen atoms in total. The largest absolute Gasteiger partial charge is 0.478 e. The highest BCUT2D eigenvalue weighted by molar-refractivity contribution is 6.33. The van der Waals surface area contributed by atoms with Gasteiger partial charge in [0.05, 0.1) is 17.1 Å². The number of ketones is 1. The summed E-state index contributed by atoms with van der Waals surface area (Å²) in [6, 6.07) is 6.81. The first-order valence-corrected chi connectivity index (χ1v) is 7.47. The molecule has 2 unspecified atom stereocenters. The number of amides is 1. The number of ether oxygens (including phenoxy) is 1. The third-order valence-corrected chi connectivity index (χ3v) is 3.69. The van der Waals surface area contributed by atoms with E-state index in [1.54, 1.807) is 25.1 Å². The molecule has 1 amide bonds. The first-order valence-electron chi connectivity index (χ1n) is 7.04. The van der Waals surface area contributed by atoms with Crippen LogP contribution in [0.5, 0.6) is 5.75 Å².